The molecule has 0 aromatic carbocycles. The molecule has 0 saturated carbocycles. The Balaban J connectivity index is 1.75. The van der Waals surface area contributed by atoms with Gasteiger partial charge in [-0.25, -0.2) is 15.0 Å². The van der Waals surface area contributed by atoms with Crippen molar-refractivity contribution in [2.45, 2.75) is 32.2 Å². The Morgan fingerprint density at radius 3 is 3.05 bits per heavy atom. The second-order valence-corrected chi connectivity index (χ2v) is 5.94. The Bertz CT molecular complexity index is 547. The quantitative estimate of drug-likeness (QED) is 0.902. The number of hydrogen-bond donors (Lipinski definition) is 2. The summed E-state index contributed by atoms with van der Waals surface area (Å²) in [6.45, 7) is 3.11. The summed E-state index contributed by atoms with van der Waals surface area (Å²) in [5.74, 6) is 0.624. The van der Waals surface area contributed by atoms with Crippen LogP contribution in [0.4, 0.5) is 11.1 Å². The van der Waals surface area contributed by atoms with E-state index in [1.165, 1.54) is 17.7 Å². The standard InChI is InChI=1S/C13H17N5S/c1-9-8-16-13(19-9)18-12-15-7-5-11(17-12)10-4-2-3-6-14-10/h5,7-8,10,14H,2-4,6H2,1H3,(H,15,16,17,18)/t10-/m0/s1. The number of rotatable bonds is 3. The van der Waals surface area contributed by atoms with Gasteiger partial charge in [0.15, 0.2) is 5.13 Å². The maximum absolute atomic E-state index is 4.58. The molecule has 0 aliphatic carbocycles. The van der Waals surface area contributed by atoms with Crippen molar-refractivity contribution >= 4 is 22.4 Å². The topological polar surface area (TPSA) is 62.7 Å². The van der Waals surface area contributed by atoms with Gasteiger partial charge >= 0.3 is 0 Å². The molecule has 0 spiro atoms. The van der Waals surface area contributed by atoms with Crippen molar-refractivity contribution in [3.05, 3.63) is 29.0 Å². The van der Waals surface area contributed by atoms with E-state index in [0.29, 0.717) is 12.0 Å². The Hall–Kier alpha value is -1.53. The molecule has 0 bridgehead atoms. The molecule has 3 rings (SSSR count). The molecule has 1 fully saturated rings. The Morgan fingerprint density at radius 2 is 2.32 bits per heavy atom. The van der Waals surface area contributed by atoms with Crippen LogP contribution in [0.3, 0.4) is 0 Å². The fourth-order valence-corrected chi connectivity index (χ4v) is 2.90. The summed E-state index contributed by atoms with van der Waals surface area (Å²) in [5.41, 5.74) is 1.06. The van der Waals surface area contributed by atoms with Gasteiger partial charge in [-0.1, -0.05) is 6.42 Å². The van der Waals surface area contributed by atoms with Crippen LogP contribution in [-0.2, 0) is 0 Å². The van der Waals surface area contributed by atoms with Crippen LogP contribution in [0.5, 0.6) is 0 Å². The SMILES string of the molecule is Cc1cnc(Nc2nccc([C@@H]3CCCCN3)n2)s1. The Morgan fingerprint density at radius 1 is 1.37 bits per heavy atom. The highest BCUT2D eigenvalue weighted by atomic mass is 32.1. The van der Waals surface area contributed by atoms with Crippen molar-refractivity contribution in [3.8, 4) is 0 Å². The van der Waals surface area contributed by atoms with Crippen molar-refractivity contribution in [1.29, 1.82) is 0 Å². The minimum Gasteiger partial charge on any atom is -0.309 e. The fraction of sp³-hybridized carbons (Fsp3) is 0.462. The van der Waals surface area contributed by atoms with E-state index in [2.05, 4.69) is 25.6 Å². The van der Waals surface area contributed by atoms with E-state index >= 15 is 0 Å². The smallest absolute Gasteiger partial charge is 0.229 e. The number of piperidine rings is 1. The number of aromatic nitrogens is 3. The summed E-state index contributed by atoms with van der Waals surface area (Å²) in [5, 5.41) is 7.50. The molecular weight excluding hydrogens is 258 g/mol. The molecule has 1 atom stereocenters. The molecule has 100 valence electrons. The van der Waals surface area contributed by atoms with E-state index in [9.17, 15) is 0 Å². The average Bonchev–Trinajstić information content (AvgIpc) is 2.85. The first-order chi connectivity index (χ1) is 9.31. The number of thiazole rings is 1. The van der Waals surface area contributed by atoms with E-state index in [4.69, 9.17) is 0 Å². The number of nitrogens with zero attached hydrogens (tertiary/aromatic N) is 3. The third kappa shape index (κ3) is 3.08. The second-order valence-electron chi connectivity index (χ2n) is 4.71. The molecule has 6 heteroatoms. The third-order valence-corrected chi connectivity index (χ3v) is 4.01. The fourth-order valence-electron chi connectivity index (χ4n) is 2.24. The van der Waals surface area contributed by atoms with Gasteiger partial charge in [0, 0.05) is 23.3 Å². The van der Waals surface area contributed by atoms with E-state index in [1.54, 1.807) is 17.5 Å². The van der Waals surface area contributed by atoms with Crippen molar-refractivity contribution in [2.75, 3.05) is 11.9 Å². The summed E-state index contributed by atoms with van der Waals surface area (Å²) in [6, 6.07) is 2.34. The Labute approximate surface area is 116 Å². The highest BCUT2D eigenvalue weighted by Gasteiger charge is 2.16. The van der Waals surface area contributed by atoms with Crippen LogP contribution >= 0.6 is 11.3 Å². The molecule has 0 radical (unpaired) electrons. The molecule has 0 unspecified atom stereocenters. The van der Waals surface area contributed by atoms with Gasteiger partial charge in [-0.15, -0.1) is 11.3 Å². The van der Waals surface area contributed by atoms with E-state index in [-0.39, 0.29) is 0 Å². The largest absolute Gasteiger partial charge is 0.309 e. The molecule has 3 heterocycles. The van der Waals surface area contributed by atoms with Crippen LogP contribution in [0.25, 0.3) is 0 Å². The number of hydrogen-bond acceptors (Lipinski definition) is 6. The zero-order chi connectivity index (χ0) is 13.1. The van der Waals surface area contributed by atoms with Crippen LogP contribution in [0.2, 0.25) is 0 Å². The molecule has 2 N–H and O–H groups in total. The van der Waals surface area contributed by atoms with Crippen molar-refractivity contribution in [1.82, 2.24) is 20.3 Å². The molecule has 2 aromatic heterocycles. The minimum absolute atomic E-state index is 0.357. The molecule has 5 nitrogen and oxygen atoms in total. The van der Waals surface area contributed by atoms with Gasteiger partial charge < -0.3 is 10.6 Å². The van der Waals surface area contributed by atoms with Gasteiger partial charge in [0.25, 0.3) is 0 Å². The highest BCUT2D eigenvalue weighted by Crippen LogP contribution is 2.23. The third-order valence-electron chi connectivity index (χ3n) is 3.18. The zero-order valence-electron chi connectivity index (χ0n) is 10.9. The first-order valence-electron chi connectivity index (χ1n) is 6.57. The molecule has 19 heavy (non-hydrogen) atoms. The maximum atomic E-state index is 4.58. The van der Waals surface area contributed by atoms with Gasteiger partial charge in [-0.3, -0.25) is 0 Å². The number of anilines is 2. The van der Waals surface area contributed by atoms with E-state index in [0.717, 1.165) is 23.8 Å². The summed E-state index contributed by atoms with van der Waals surface area (Å²) in [7, 11) is 0. The van der Waals surface area contributed by atoms with Crippen molar-refractivity contribution < 1.29 is 0 Å². The molecule has 1 saturated heterocycles. The van der Waals surface area contributed by atoms with Gasteiger partial charge in [0.2, 0.25) is 5.95 Å². The van der Waals surface area contributed by atoms with Gasteiger partial charge in [-0.2, -0.15) is 0 Å². The molecule has 1 aliphatic rings. The Kier molecular flexibility index (Phi) is 3.70. The van der Waals surface area contributed by atoms with Crippen molar-refractivity contribution in [3.63, 3.8) is 0 Å². The number of nitrogens with one attached hydrogen (secondary N) is 2. The first kappa shape index (κ1) is 12.5. The predicted octanol–water partition coefficient (Wildman–Crippen LogP) is 2.80. The minimum atomic E-state index is 0.357. The highest BCUT2D eigenvalue weighted by molar-refractivity contribution is 7.15. The second kappa shape index (κ2) is 5.63. The summed E-state index contributed by atoms with van der Waals surface area (Å²) in [6.07, 6.45) is 7.31. The van der Waals surface area contributed by atoms with E-state index < -0.39 is 0 Å². The van der Waals surface area contributed by atoms with Crippen LogP contribution in [0, 0.1) is 6.92 Å². The number of aryl methyl sites for hydroxylation is 1. The first-order valence-corrected chi connectivity index (χ1v) is 7.39. The summed E-state index contributed by atoms with van der Waals surface area (Å²) >= 11 is 1.61. The predicted molar refractivity (Wildman–Crippen MR) is 76.8 cm³/mol. The lowest BCUT2D eigenvalue weighted by Gasteiger charge is -2.22. The van der Waals surface area contributed by atoms with Crippen LogP contribution < -0.4 is 10.6 Å². The molecule has 2 aromatic rings. The van der Waals surface area contributed by atoms with Crippen molar-refractivity contribution in [2.24, 2.45) is 0 Å². The van der Waals surface area contributed by atoms with E-state index in [1.807, 2.05) is 19.2 Å². The van der Waals surface area contributed by atoms with Gasteiger partial charge in [0.1, 0.15) is 0 Å². The molecular formula is C13H17N5S. The van der Waals surface area contributed by atoms with Gasteiger partial charge in [-0.05, 0) is 32.4 Å². The monoisotopic (exact) mass is 275 g/mol. The summed E-state index contributed by atoms with van der Waals surface area (Å²) < 4.78 is 0. The average molecular weight is 275 g/mol. The van der Waals surface area contributed by atoms with Gasteiger partial charge in [0.05, 0.1) is 5.69 Å². The molecule has 1 aliphatic heterocycles. The van der Waals surface area contributed by atoms with Crippen LogP contribution in [0.1, 0.15) is 35.9 Å². The lowest BCUT2D eigenvalue weighted by atomic mass is 10.0. The maximum Gasteiger partial charge on any atom is 0.229 e. The van der Waals surface area contributed by atoms with Crippen LogP contribution in [-0.4, -0.2) is 21.5 Å². The zero-order valence-corrected chi connectivity index (χ0v) is 11.7. The lowest BCUT2D eigenvalue weighted by molar-refractivity contribution is 0.405. The summed E-state index contributed by atoms with van der Waals surface area (Å²) in [4.78, 5) is 14.3. The normalized spacial score (nSPS) is 19.3. The molecule has 0 amide bonds. The lowest BCUT2D eigenvalue weighted by Crippen LogP contribution is -2.27. The van der Waals surface area contributed by atoms with Crippen LogP contribution in [0.15, 0.2) is 18.5 Å².